The summed E-state index contributed by atoms with van der Waals surface area (Å²) in [7, 11) is 0. The van der Waals surface area contributed by atoms with Crippen LogP contribution in [0.3, 0.4) is 0 Å². The number of aliphatic hydroxyl groups excluding tert-OH is 1. The van der Waals surface area contributed by atoms with Crippen LogP contribution in [0.5, 0.6) is 0 Å². The molecule has 3 aromatic rings. The van der Waals surface area contributed by atoms with E-state index < -0.39 is 17.7 Å². The Hall–Kier alpha value is -2.18. The summed E-state index contributed by atoms with van der Waals surface area (Å²) in [5.74, 6) is -1.34. The van der Waals surface area contributed by atoms with E-state index in [1.165, 1.54) is 6.07 Å². The minimum atomic E-state index is -0.826. The second kappa shape index (κ2) is 5.79. The van der Waals surface area contributed by atoms with Gasteiger partial charge in [0.25, 0.3) is 0 Å². The summed E-state index contributed by atoms with van der Waals surface area (Å²) in [6.45, 7) is 3.28. The Morgan fingerprint density at radius 1 is 1.13 bits per heavy atom. The van der Waals surface area contributed by atoms with E-state index in [-0.39, 0.29) is 22.1 Å². The van der Waals surface area contributed by atoms with Gasteiger partial charge >= 0.3 is 0 Å². The second-order valence-electron chi connectivity index (χ2n) is 5.22. The highest BCUT2D eigenvalue weighted by atomic mass is 35.5. The number of pyridine rings is 1. The van der Waals surface area contributed by atoms with Gasteiger partial charge in [0.05, 0.1) is 12.3 Å². The fourth-order valence-corrected chi connectivity index (χ4v) is 2.61. The number of aryl methyl sites for hydroxylation is 1. The number of nitrogens with zero attached hydrogens (tertiary/aromatic N) is 3. The van der Waals surface area contributed by atoms with E-state index >= 15 is 0 Å². The van der Waals surface area contributed by atoms with E-state index in [0.29, 0.717) is 16.6 Å². The fraction of sp³-hybridized carbons (Fsp3) is 0.188. The fourth-order valence-electron chi connectivity index (χ4n) is 2.47. The van der Waals surface area contributed by atoms with E-state index in [4.69, 9.17) is 11.6 Å². The maximum absolute atomic E-state index is 14.4. The number of hydrogen-bond donors (Lipinski definition) is 1. The van der Waals surface area contributed by atoms with Crippen LogP contribution in [0.25, 0.3) is 22.2 Å². The van der Waals surface area contributed by atoms with Crippen molar-refractivity contribution in [1.82, 2.24) is 15.0 Å². The van der Waals surface area contributed by atoms with Crippen LogP contribution in [-0.2, 0) is 0 Å². The van der Waals surface area contributed by atoms with Gasteiger partial charge in [-0.3, -0.25) is 4.98 Å². The number of aromatic nitrogens is 3. The molecule has 0 saturated heterocycles. The quantitative estimate of drug-likeness (QED) is 0.719. The molecule has 0 saturated carbocycles. The van der Waals surface area contributed by atoms with Crippen LogP contribution < -0.4 is 0 Å². The zero-order chi connectivity index (χ0) is 16.7. The van der Waals surface area contributed by atoms with Crippen molar-refractivity contribution in [2.45, 2.75) is 20.0 Å². The van der Waals surface area contributed by atoms with E-state index in [1.807, 2.05) is 0 Å². The number of halogens is 3. The van der Waals surface area contributed by atoms with Gasteiger partial charge in [-0.2, -0.15) is 0 Å². The molecule has 0 spiro atoms. The largest absolute Gasteiger partial charge is 0.389 e. The lowest BCUT2D eigenvalue weighted by Gasteiger charge is -2.12. The molecule has 0 aliphatic carbocycles. The first-order valence-electron chi connectivity index (χ1n) is 6.84. The summed E-state index contributed by atoms with van der Waals surface area (Å²) >= 11 is 5.69. The predicted molar refractivity (Wildman–Crippen MR) is 83.1 cm³/mol. The van der Waals surface area contributed by atoms with E-state index in [1.54, 1.807) is 19.9 Å². The van der Waals surface area contributed by atoms with Crippen LogP contribution in [0, 0.1) is 18.6 Å². The third-order valence-corrected chi connectivity index (χ3v) is 3.65. The minimum absolute atomic E-state index is 0.108. The van der Waals surface area contributed by atoms with Crippen LogP contribution >= 0.6 is 11.6 Å². The molecule has 7 heteroatoms. The van der Waals surface area contributed by atoms with Crippen molar-refractivity contribution in [3.8, 4) is 11.3 Å². The normalized spacial score (nSPS) is 12.6. The van der Waals surface area contributed by atoms with Gasteiger partial charge in [-0.25, -0.2) is 18.7 Å². The van der Waals surface area contributed by atoms with Crippen molar-refractivity contribution in [3.63, 3.8) is 0 Å². The summed E-state index contributed by atoms with van der Waals surface area (Å²) in [4.78, 5) is 11.5. The lowest BCUT2D eigenvalue weighted by atomic mass is 10.00. The maximum Gasteiger partial charge on any atom is 0.223 e. The molecule has 118 valence electrons. The molecular formula is C16H12ClF2N3O. The summed E-state index contributed by atoms with van der Waals surface area (Å²) in [5.41, 5.74) is 1.29. The SMILES string of the molecule is Cc1cc(C(C)O)c2cc(-c3nc(Cl)ncc3F)cc(F)c2n1. The van der Waals surface area contributed by atoms with Gasteiger partial charge in [-0.05, 0) is 49.2 Å². The maximum atomic E-state index is 14.4. The summed E-state index contributed by atoms with van der Waals surface area (Å²) in [5, 5.41) is 10.2. The van der Waals surface area contributed by atoms with Gasteiger partial charge in [-0.15, -0.1) is 0 Å². The van der Waals surface area contributed by atoms with Crippen molar-refractivity contribution in [2.75, 3.05) is 0 Å². The van der Waals surface area contributed by atoms with Gasteiger partial charge < -0.3 is 5.11 Å². The van der Waals surface area contributed by atoms with Crippen molar-refractivity contribution in [3.05, 3.63) is 52.6 Å². The van der Waals surface area contributed by atoms with Gasteiger partial charge in [0.15, 0.2) is 5.82 Å². The molecule has 4 nitrogen and oxygen atoms in total. The summed E-state index contributed by atoms with van der Waals surface area (Å²) in [6, 6.07) is 4.34. The van der Waals surface area contributed by atoms with Crippen LogP contribution in [0.4, 0.5) is 8.78 Å². The molecular weight excluding hydrogens is 324 g/mol. The highest BCUT2D eigenvalue weighted by Crippen LogP contribution is 2.31. The third kappa shape index (κ3) is 2.87. The topological polar surface area (TPSA) is 58.9 Å². The first-order chi connectivity index (χ1) is 10.9. The Morgan fingerprint density at radius 2 is 1.87 bits per heavy atom. The molecule has 0 bridgehead atoms. The smallest absolute Gasteiger partial charge is 0.223 e. The molecule has 0 radical (unpaired) electrons. The lowest BCUT2D eigenvalue weighted by Crippen LogP contribution is -2.00. The molecule has 2 aromatic heterocycles. The monoisotopic (exact) mass is 335 g/mol. The highest BCUT2D eigenvalue weighted by molar-refractivity contribution is 6.28. The number of hydrogen-bond acceptors (Lipinski definition) is 4. The van der Waals surface area contributed by atoms with E-state index in [9.17, 15) is 13.9 Å². The molecule has 0 aliphatic heterocycles. The summed E-state index contributed by atoms with van der Waals surface area (Å²) in [6.07, 6.45) is 0.100. The molecule has 1 unspecified atom stereocenters. The van der Waals surface area contributed by atoms with Crippen LogP contribution in [0.1, 0.15) is 24.3 Å². The van der Waals surface area contributed by atoms with Crippen molar-refractivity contribution < 1.29 is 13.9 Å². The van der Waals surface area contributed by atoms with Crippen LogP contribution in [0.2, 0.25) is 5.28 Å². The van der Waals surface area contributed by atoms with Crippen molar-refractivity contribution in [2.24, 2.45) is 0 Å². The first kappa shape index (κ1) is 15.7. The number of benzene rings is 1. The molecule has 3 rings (SSSR count). The molecule has 0 aliphatic rings. The highest BCUT2D eigenvalue weighted by Gasteiger charge is 2.17. The Labute approximate surface area is 135 Å². The van der Waals surface area contributed by atoms with E-state index in [0.717, 1.165) is 12.3 Å². The molecule has 1 aromatic carbocycles. The minimum Gasteiger partial charge on any atom is -0.389 e. The van der Waals surface area contributed by atoms with Gasteiger partial charge in [0, 0.05) is 16.6 Å². The zero-order valence-electron chi connectivity index (χ0n) is 12.3. The number of rotatable bonds is 2. The van der Waals surface area contributed by atoms with Crippen molar-refractivity contribution in [1.29, 1.82) is 0 Å². The average molecular weight is 336 g/mol. The van der Waals surface area contributed by atoms with Crippen LogP contribution in [-0.4, -0.2) is 20.1 Å². The molecule has 0 amide bonds. The molecule has 1 N–H and O–H groups in total. The molecule has 1 atom stereocenters. The van der Waals surface area contributed by atoms with E-state index in [2.05, 4.69) is 15.0 Å². The first-order valence-corrected chi connectivity index (χ1v) is 7.22. The number of aliphatic hydroxyl groups is 1. The Kier molecular flexibility index (Phi) is 3.95. The molecule has 0 fully saturated rings. The Morgan fingerprint density at radius 3 is 2.57 bits per heavy atom. The summed E-state index contributed by atoms with van der Waals surface area (Å²) < 4.78 is 28.4. The average Bonchev–Trinajstić information content (AvgIpc) is 2.49. The second-order valence-corrected chi connectivity index (χ2v) is 5.56. The third-order valence-electron chi connectivity index (χ3n) is 3.47. The Balaban J connectivity index is 2.35. The van der Waals surface area contributed by atoms with Gasteiger partial charge in [0.1, 0.15) is 17.0 Å². The molecule has 2 heterocycles. The van der Waals surface area contributed by atoms with Gasteiger partial charge in [0.2, 0.25) is 5.28 Å². The standard InChI is InChI=1S/C16H12ClF2N3O/c1-7-3-10(8(2)23)11-4-9(5-12(18)15(11)21-7)14-13(19)6-20-16(17)22-14/h3-6,8,23H,1-2H3. The zero-order valence-corrected chi connectivity index (χ0v) is 13.1. The predicted octanol–water partition coefficient (Wildman–Crippen LogP) is 3.99. The van der Waals surface area contributed by atoms with Crippen molar-refractivity contribution >= 4 is 22.5 Å². The van der Waals surface area contributed by atoms with Crippen LogP contribution in [0.15, 0.2) is 24.4 Å². The molecule has 23 heavy (non-hydrogen) atoms. The Bertz CT molecular complexity index is 915. The number of fused-ring (bicyclic) bond motifs is 1. The lowest BCUT2D eigenvalue weighted by molar-refractivity contribution is 0.200. The van der Waals surface area contributed by atoms with Gasteiger partial charge in [-0.1, -0.05) is 0 Å².